The average Bonchev–Trinajstić information content (AvgIpc) is 2.68. The van der Waals surface area contributed by atoms with E-state index in [1.165, 1.54) is 6.42 Å². The van der Waals surface area contributed by atoms with Gasteiger partial charge in [0.05, 0.1) is 0 Å². The van der Waals surface area contributed by atoms with Gasteiger partial charge in [0, 0.05) is 0 Å². The fourth-order valence-corrected chi connectivity index (χ4v) is 8.25. The molecule has 2 rings (SSSR count). The first-order valence-electron chi connectivity index (χ1n) is 7.67. The van der Waals surface area contributed by atoms with Crippen molar-refractivity contribution in [2.45, 2.75) is 76.0 Å². The molecule has 0 amide bonds. The summed E-state index contributed by atoms with van der Waals surface area (Å²) >= 11 is 0.251. The molecule has 2 unspecified atom stereocenters. The molecule has 2 fully saturated rings. The van der Waals surface area contributed by atoms with Gasteiger partial charge in [-0.25, -0.2) is 0 Å². The molecule has 0 aromatic carbocycles. The van der Waals surface area contributed by atoms with Crippen molar-refractivity contribution in [3.63, 3.8) is 0 Å². The fraction of sp³-hybridized carbons (Fsp3) is 0.938. The van der Waals surface area contributed by atoms with Gasteiger partial charge in [0.2, 0.25) is 0 Å². The Labute approximate surface area is 123 Å². The first-order valence-corrected chi connectivity index (χ1v) is 9.65. The summed E-state index contributed by atoms with van der Waals surface area (Å²) in [6.07, 6.45) is 3.88. The second kappa shape index (κ2) is 5.16. The van der Waals surface area contributed by atoms with E-state index in [0.717, 1.165) is 19.3 Å². The van der Waals surface area contributed by atoms with Crippen LogP contribution in [0.25, 0.3) is 0 Å². The molecule has 1 N–H and O–H groups in total. The monoisotopic (exact) mass is 332 g/mol. The van der Waals surface area contributed by atoms with Gasteiger partial charge >= 0.3 is 123 Å². The van der Waals surface area contributed by atoms with E-state index in [-0.39, 0.29) is 36.7 Å². The minimum absolute atomic E-state index is 0.0977. The van der Waals surface area contributed by atoms with Crippen LogP contribution in [0.15, 0.2) is 0 Å². The van der Waals surface area contributed by atoms with Crippen LogP contribution in [0, 0.1) is 16.7 Å². The van der Waals surface area contributed by atoms with Gasteiger partial charge in [-0.05, 0) is 0 Å². The Bertz CT molecular complexity index is 366. The number of rotatable bonds is 5. The van der Waals surface area contributed by atoms with Gasteiger partial charge in [0.15, 0.2) is 0 Å². The van der Waals surface area contributed by atoms with Gasteiger partial charge in [0.1, 0.15) is 0 Å². The van der Waals surface area contributed by atoms with Crippen molar-refractivity contribution < 1.29 is 9.90 Å². The van der Waals surface area contributed by atoms with E-state index in [1.807, 2.05) is 6.92 Å². The number of hydrogen-bond donors (Lipinski definition) is 1. The fourth-order valence-electron chi connectivity index (χ4n) is 4.07. The molecule has 19 heavy (non-hydrogen) atoms. The molecule has 2 saturated carbocycles. The third-order valence-electron chi connectivity index (χ3n) is 6.04. The van der Waals surface area contributed by atoms with E-state index in [2.05, 4.69) is 27.7 Å². The van der Waals surface area contributed by atoms with E-state index in [0.29, 0.717) is 16.5 Å². The number of Topliss-reactive ketones (excluding diaryl/α,β-unsaturated/α-hetero) is 1. The van der Waals surface area contributed by atoms with Crippen molar-refractivity contribution in [3.05, 3.63) is 0 Å². The Hall–Kier alpha value is 0.149. The Morgan fingerprint density at radius 1 is 1.32 bits per heavy atom. The molecule has 5 atom stereocenters. The second-order valence-electron chi connectivity index (χ2n) is 7.04. The number of aliphatic hydroxyl groups is 1. The molecule has 0 aromatic rings. The van der Waals surface area contributed by atoms with Crippen LogP contribution in [-0.2, 0) is 4.79 Å². The molecular formula is C16H28O2Se. The van der Waals surface area contributed by atoms with Gasteiger partial charge in [-0.3, -0.25) is 0 Å². The predicted octanol–water partition coefficient (Wildman–Crippen LogP) is 3.47. The topological polar surface area (TPSA) is 37.3 Å². The van der Waals surface area contributed by atoms with Crippen molar-refractivity contribution >= 4 is 20.7 Å². The Morgan fingerprint density at radius 2 is 1.95 bits per heavy atom. The van der Waals surface area contributed by atoms with Crippen molar-refractivity contribution in [2.75, 3.05) is 0 Å². The number of carbonyl (C=O) groups excluding carboxylic acids is 1. The van der Waals surface area contributed by atoms with Crippen molar-refractivity contribution in [2.24, 2.45) is 16.7 Å². The zero-order chi connectivity index (χ0) is 14.4. The predicted molar refractivity (Wildman–Crippen MR) is 79.5 cm³/mol. The Morgan fingerprint density at radius 3 is 2.37 bits per heavy atom. The second-order valence-corrected chi connectivity index (χ2v) is 9.95. The average molecular weight is 331 g/mol. The van der Waals surface area contributed by atoms with Crippen molar-refractivity contribution in [1.29, 1.82) is 0 Å². The maximum absolute atomic E-state index is 12.8. The van der Waals surface area contributed by atoms with Crippen molar-refractivity contribution in [3.8, 4) is 0 Å². The normalized spacial score (nSPS) is 39.6. The third kappa shape index (κ3) is 2.13. The molecular weight excluding hydrogens is 303 g/mol. The molecule has 2 aliphatic carbocycles. The van der Waals surface area contributed by atoms with Gasteiger partial charge in [-0.1, -0.05) is 0 Å². The molecule has 2 nitrogen and oxygen atoms in total. The molecule has 110 valence electrons. The summed E-state index contributed by atoms with van der Waals surface area (Å²) in [6, 6.07) is 0. The summed E-state index contributed by atoms with van der Waals surface area (Å²) in [6.45, 7) is 10.9. The van der Waals surface area contributed by atoms with Gasteiger partial charge in [-0.15, -0.1) is 0 Å². The third-order valence-corrected chi connectivity index (χ3v) is 9.89. The van der Waals surface area contributed by atoms with Crippen LogP contribution in [0.3, 0.4) is 0 Å². The van der Waals surface area contributed by atoms with Crippen LogP contribution in [-0.4, -0.2) is 32.0 Å². The van der Waals surface area contributed by atoms with E-state index < -0.39 is 0 Å². The number of ketones is 1. The Balaban J connectivity index is 2.17. The van der Waals surface area contributed by atoms with Gasteiger partial charge < -0.3 is 0 Å². The quantitative estimate of drug-likeness (QED) is 0.783. The number of carbonyl (C=O) groups is 1. The molecule has 2 bridgehead atoms. The molecule has 0 aromatic heterocycles. The van der Waals surface area contributed by atoms with Crippen LogP contribution in [0.2, 0.25) is 9.63 Å². The van der Waals surface area contributed by atoms with Crippen LogP contribution in [0.5, 0.6) is 0 Å². The molecule has 0 radical (unpaired) electrons. The van der Waals surface area contributed by atoms with Crippen molar-refractivity contribution in [1.82, 2.24) is 0 Å². The zero-order valence-electron chi connectivity index (χ0n) is 12.9. The van der Waals surface area contributed by atoms with Gasteiger partial charge in [0.25, 0.3) is 0 Å². The first kappa shape index (κ1) is 15.5. The summed E-state index contributed by atoms with van der Waals surface area (Å²) in [5, 5.41) is 10.1. The standard InChI is InChI=1S/C16H28O2Se/c1-6-11(17)12(7-2)19-13-10-8-9-16(5,14(13)18)15(10,3)4/h10-13,17H,6-9H2,1-5H3/t10-,11?,12?,13+,16+/m1/s1. The summed E-state index contributed by atoms with van der Waals surface area (Å²) in [5.41, 5.74) is 0.0610. The summed E-state index contributed by atoms with van der Waals surface area (Å²) in [4.78, 5) is 13.4. The zero-order valence-corrected chi connectivity index (χ0v) is 14.6. The molecule has 0 heterocycles. The minimum atomic E-state index is -0.215. The maximum atomic E-state index is 12.8. The Kier molecular flexibility index (Phi) is 4.22. The molecule has 0 spiro atoms. The van der Waals surface area contributed by atoms with Crippen LogP contribution in [0.1, 0.15) is 60.3 Å². The van der Waals surface area contributed by atoms with Gasteiger partial charge in [-0.2, -0.15) is 0 Å². The summed E-state index contributed by atoms with van der Waals surface area (Å²) < 4.78 is 0. The molecule has 0 saturated heterocycles. The summed E-state index contributed by atoms with van der Waals surface area (Å²) in [5.74, 6) is 1.07. The van der Waals surface area contributed by atoms with Crippen LogP contribution < -0.4 is 0 Å². The summed E-state index contributed by atoms with van der Waals surface area (Å²) in [7, 11) is 0. The molecule has 3 heteroatoms. The van der Waals surface area contributed by atoms with E-state index >= 15 is 0 Å². The van der Waals surface area contributed by atoms with Crippen LogP contribution in [0.4, 0.5) is 0 Å². The van der Waals surface area contributed by atoms with E-state index in [4.69, 9.17) is 0 Å². The van der Waals surface area contributed by atoms with Crippen LogP contribution >= 0.6 is 0 Å². The number of aliphatic hydroxyl groups excluding tert-OH is 1. The number of hydrogen-bond acceptors (Lipinski definition) is 2. The number of fused-ring (bicyclic) bond motifs is 2. The van der Waals surface area contributed by atoms with E-state index in [9.17, 15) is 9.90 Å². The van der Waals surface area contributed by atoms with E-state index in [1.54, 1.807) is 0 Å². The molecule has 0 aliphatic heterocycles. The SMILES string of the molecule is CCC(O)C(CC)[Se][C@@H]1C(=O)[C@]2(C)CC[C@H]1C2(C)C. The molecule has 2 aliphatic rings. The first-order chi connectivity index (χ1) is 8.79.